The Labute approximate surface area is 124 Å². The molecule has 0 aliphatic carbocycles. The van der Waals surface area contributed by atoms with Crippen molar-refractivity contribution in [1.29, 1.82) is 0 Å². The van der Waals surface area contributed by atoms with Crippen molar-refractivity contribution in [3.63, 3.8) is 0 Å². The van der Waals surface area contributed by atoms with Crippen molar-refractivity contribution in [3.8, 4) is 0 Å². The topological polar surface area (TPSA) is 58.2 Å². The number of alkyl halides is 3. The van der Waals surface area contributed by atoms with Gasteiger partial charge in [-0.05, 0) is 36.4 Å². The Balaban J connectivity index is 2.01. The molecular formula is C15H11F3N2O2. The molecule has 2 N–H and O–H groups in total. The minimum absolute atomic E-state index is 0.0139. The summed E-state index contributed by atoms with van der Waals surface area (Å²) in [6.45, 7) is 0. The average Bonchev–Trinajstić information content (AvgIpc) is 2.49. The van der Waals surface area contributed by atoms with E-state index in [1.54, 1.807) is 35.6 Å². The van der Waals surface area contributed by atoms with Crippen molar-refractivity contribution >= 4 is 23.2 Å². The Morgan fingerprint density at radius 3 is 1.77 bits per heavy atom. The predicted octanol–water partition coefficient (Wildman–Crippen LogP) is 3.44. The highest BCUT2D eigenvalue weighted by atomic mass is 19.4. The second kappa shape index (κ2) is 6.30. The highest BCUT2D eigenvalue weighted by molar-refractivity contribution is 6.04. The van der Waals surface area contributed by atoms with Crippen LogP contribution in [-0.4, -0.2) is 18.0 Å². The van der Waals surface area contributed by atoms with Crippen molar-refractivity contribution in [2.24, 2.45) is 0 Å². The number of amides is 2. The van der Waals surface area contributed by atoms with Crippen LogP contribution in [0, 0.1) is 0 Å². The van der Waals surface area contributed by atoms with E-state index in [9.17, 15) is 22.8 Å². The van der Waals surface area contributed by atoms with Crippen LogP contribution in [0.25, 0.3) is 0 Å². The monoisotopic (exact) mass is 308 g/mol. The lowest BCUT2D eigenvalue weighted by molar-refractivity contribution is -0.167. The molecule has 0 fully saturated rings. The molecule has 0 radical (unpaired) electrons. The van der Waals surface area contributed by atoms with E-state index >= 15 is 0 Å². The summed E-state index contributed by atoms with van der Waals surface area (Å²) in [4.78, 5) is 22.7. The Morgan fingerprint density at radius 1 is 0.773 bits per heavy atom. The molecule has 114 valence electrons. The first kappa shape index (κ1) is 15.6. The van der Waals surface area contributed by atoms with E-state index in [0.717, 1.165) is 0 Å². The van der Waals surface area contributed by atoms with Gasteiger partial charge in [0.2, 0.25) is 0 Å². The Bertz CT molecular complexity index is 667. The Hall–Kier alpha value is -2.83. The predicted molar refractivity (Wildman–Crippen MR) is 75.5 cm³/mol. The van der Waals surface area contributed by atoms with Crippen LogP contribution in [0.15, 0.2) is 54.6 Å². The zero-order valence-electron chi connectivity index (χ0n) is 11.1. The molecule has 2 aromatic carbocycles. The van der Waals surface area contributed by atoms with E-state index in [4.69, 9.17) is 0 Å². The van der Waals surface area contributed by atoms with Crippen molar-refractivity contribution < 1.29 is 22.8 Å². The van der Waals surface area contributed by atoms with Crippen LogP contribution < -0.4 is 10.6 Å². The van der Waals surface area contributed by atoms with Crippen LogP contribution in [0.4, 0.5) is 24.5 Å². The molecule has 0 bridgehead atoms. The summed E-state index contributed by atoms with van der Waals surface area (Å²) in [6.07, 6.45) is -4.94. The second-order valence-corrected chi connectivity index (χ2v) is 4.35. The van der Waals surface area contributed by atoms with E-state index in [1.807, 2.05) is 0 Å². The number of anilines is 2. The first-order valence-corrected chi connectivity index (χ1v) is 6.21. The molecule has 2 rings (SSSR count). The summed E-state index contributed by atoms with van der Waals surface area (Å²) >= 11 is 0. The second-order valence-electron chi connectivity index (χ2n) is 4.35. The van der Waals surface area contributed by atoms with E-state index in [2.05, 4.69) is 5.32 Å². The van der Waals surface area contributed by atoms with Gasteiger partial charge in [0.05, 0.1) is 0 Å². The summed E-state index contributed by atoms with van der Waals surface area (Å²) in [5.74, 6) is -2.39. The van der Waals surface area contributed by atoms with Crippen LogP contribution >= 0.6 is 0 Å². The quantitative estimate of drug-likeness (QED) is 0.912. The third-order valence-corrected chi connectivity index (χ3v) is 2.69. The average molecular weight is 308 g/mol. The third-order valence-electron chi connectivity index (χ3n) is 2.69. The van der Waals surface area contributed by atoms with E-state index in [0.29, 0.717) is 11.3 Å². The summed E-state index contributed by atoms with van der Waals surface area (Å²) < 4.78 is 36.3. The number of nitrogens with one attached hydrogen (secondary N) is 2. The third kappa shape index (κ3) is 4.08. The molecule has 0 unspecified atom stereocenters. The fourth-order valence-corrected chi connectivity index (χ4v) is 1.63. The molecular weight excluding hydrogens is 297 g/mol. The van der Waals surface area contributed by atoms with Crippen LogP contribution in [0.3, 0.4) is 0 Å². The summed E-state index contributed by atoms with van der Waals surface area (Å²) in [5, 5.41) is 4.31. The molecule has 7 heteroatoms. The van der Waals surface area contributed by atoms with Crippen molar-refractivity contribution in [2.45, 2.75) is 6.18 Å². The number of hydrogen-bond donors (Lipinski definition) is 2. The summed E-state index contributed by atoms with van der Waals surface area (Å²) in [5.41, 5.74) is 0.843. The smallest absolute Gasteiger partial charge is 0.322 e. The first-order chi connectivity index (χ1) is 10.4. The zero-order valence-corrected chi connectivity index (χ0v) is 11.1. The number of rotatable bonds is 3. The molecule has 2 amide bonds. The standard InChI is InChI=1S/C15H11F3N2O2/c16-15(17,18)14(22)20-12-8-6-11(7-9-12)19-13(21)10-4-2-1-3-5-10/h1-9H,(H,19,21)(H,20,22). The fourth-order valence-electron chi connectivity index (χ4n) is 1.63. The molecule has 4 nitrogen and oxygen atoms in total. The number of benzene rings is 2. The normalized spacial score (nSPS) is 10.9. The molecule has 0 atom stereocenters. The van der Waals surface area contributed by atoms with Crippen molar-refractivity contribution in [1.82, 2.24) is 0 Å². The Morgan fingerprint density at radius 2 is 1.27 bits per heavy atom. The van der Waals surface area contributed by atoms with E-state index in [-0.39, 0.29) is 11.6 Å². The molecule has 0 aliphatic rings. The van der Waals surface area contributed by atoms with Gasteiger partial charge in [-0.15, -0.1) is 0 Å². The number of carbonyl (C=O) groups excluding carboxylic acids is 2. The molecule has 0 saturated carbocycles. The lowest BCUT2D eigenvalue weighted by Gasteiger charge is -2.09. The first-order valence-electron chi connectivity index (χ1n) is 6.21. The van der Waals surface area contributed by atoms with Crippen molar-refractivity contribution in [2.75, 3.05) is 10.6 Å². The minimum Gasteiger partial charge on any atom is -0.322 e. The molecule has 0 aliphatic heterocycles. The molecule has 0 heterocycles. The van der Waals surface area contributed by atoms with Crippen LogP contribution in [0.1, 0.15) is 10.4 Å². The fraction of sp³-hybridized carbons (Fsp3) is 0.0667. The van der Waals surface area contributed by atoms with E-state index < -0.39 is 12.1 Å². The van der Waals surface area contributed by atoms with Crippen LogP contribution in [0.2, 0.25) is 0 Å². The SMILES string of the molecule is O=C(Nc1ccc(NC(=O)C(F)(F)F)cc1)c1ccccc1. The molecule has 0 aromatic heterocycles. The Kier molecular flexibility index (Phi) is 4.45. The van der Waals surface area contributed by atoms with Gasteiger partial charge in [-0.3, -0.25) is 9.59 Å². The van der Waals surface area contributed by atoms with Gasteiger partial charge in [0.25, 0.3) is 5.91 Å². The van der Waals surface area contributed by atoms with Gasteiger partial charge in [-0.1, -0.05) is 18.2 Å². The summed E-state index contributed by atoms with van der Waals surface area (Å²) in [7, 11) is 0. The van der Waals surface area contributed by atoms with Crippen molar-refractivity contribution in [3.05, 3.63) is 60.2 Å². The lowest BCUT2D eigenvalue weighted by Crippen LogP contribution is -2.29. The van der Waals surface area contributed by atoms with Gasteiger partial charge in [-0.25, -0.2) is 0 Å². The minimum atomic E-state index is -4.94. The molecule has 0 saturated heterocycles. The number of hydrogen-bond acceptors (Lipinski definition) is 2. The molecule has 2 aromatic rings. The largest absolute Gasteiger partial charge is 0.471 e. The van der Waals surface area contributed by atoms with Crippen LogP contribution in [-0.2, 0) is 4.79 Å². The summed E-state index contributed by atoms with van der Waals surface area (Å²) in [6, 6.07) is 13.8. The highest BCUT2D eigenvalue weighted by Gasteiger charge is 2.38. The maximum Gasteiger partial charge on any atom is 0.471 e. The van der Waals surface area contributed by atoms with Gasteiger partial charge in [0, 0.05) is 16.9 Å². The number of carbonyl (C=O) groups is 2. The molecule has 0 spiro atoms. The van der Waals surface area contributed by atoms with Gasteiger partial charge in [0.15, 0.2) is 0 Å². The number of halogens is 3. The van der Waals surface area contributed by atoms with Gasteiger partial charge < -0.3 is 10.6 Å². The maximum absolute atomic E-state index is 12.1. The molecule has 22 heavy (non-hydrogen) atoms. The van der Waals surface area contributed by atoms with Gasteiger partial charge >= 0.3 is 12.1 Å². The van der Waals surface area contributed by atoms with Gasteiger partial charge in [-0.2, -0.15) is 13.2 Å². The highest BCUT2D eigenvalue weighted by Crippen LogP contribution is 2.19. The van der Waals surface area contributed by atoms with Gasteiger partial charge in [0.1, 0.15) is 0 Å². The maximum atomic E-state index is 12.1. The van der Waals surface area contributed by atoms with E-state index in [1.165, 1.54) is 24.3 Å². The zero-order chi connectivity index (χ0) is 16.2. The lowest BCUT2D eigenvalue weighted by atomic mass is 10.2. The van der Waals surface area contributed by atoms with Crippen LogP contribution in [0.5, 0.6) is 0 Å².